The lowest BCUT2D eigenvalue weighted by molar-refractivity contribution is 0.0766. The number of pyridine rings is 1. The van der Waals surface area contributed by atoms with Gasteiger partial charge < -0.3 is 9.80 Å². The fraction of sp³-hybridized carbons (Fsp3) is 0.526. The van der Waals surface area contributed by atoms with Crippen molar-refractivity contribution in [2.75, 3.05) is 31.1 Å². The van der Waals surface area contributed by atoms with E-state index in [-0.39, 0.29) is 5.91 Å². The number of rotatable bonds is 2. The number of fused-ring (bicyclic) bond motifs is 1. The highest BCUT2D eigenvalue weighted by Gasteiger charge is 2.25. The smallest absolute Gasteiger partial charge is 0.282 e. The normalized spacial score (nSPS) is 18.0. The van der Waals surface area contributed by atoms with Crippen molar-refractivity contribution in [2.24, 2.45) is 0 Å². The Kier molecular flexibility index (Phi) is 4.70. The van der Waals surface area contributed by atoms with E-state index < -0.39 is 0 Å². The van der Waals surface area contributed by atoms with Crippen molar-refractivity contribution in [3.8, 4) is 0 Å². The van der Waals surface area contributed by atoms with Crippen LogP contribution in [-0.4, -0.2) is 47.0 Å². The molecule has 0 atom stereocenters. The Balaban J connectivity index is 1.46. The van der Waals surface area contributed by atoms with Gasteiger partial charge in [0.15, 0.2) is 5.01 Å². The summed E-state index contributed by atoms with van der Waals surface area (Å²) in [6, 6.07) is 2.07. The van der Waals surface area contributed by atoms with Crippen molar-refractivity contribution in [3.63, 3.8) is 0 Å². The first-order chi connectivity index (χ1) is 12.2. The van der Waals surface area contributed by atoms with Gasteiger partial charge in [0.05, 0.1) is 5.69 Å². The molecule has 1 aliphatic carbocycles. The molecule has 0 saturated carbocycles. The highest BCUT2D eigenvalue weighted by atomic mass is 32.1. The average Bonchev–Trinajstić information content (AvgIpc) is 2.92. The van der Waals surface area contributed by atoms with Crippen molar-refractivity contribution < 1.29 is 4.79 Å². The fourth-order valence-electron chi connectivity index (χ4n) is 3.76. The van der Waals surface area contributed by atoms with E-state index >= 15 is 0 Å². The molecule has 0 bridgehead atoms. The third-order valence-corrected chi connectivity index (χ3v) is 6.29. The van der Waals surface area contributed by atoms with Crippen molar-refractivity contribution >= 4 is 22.9 Å². The van der Waals surface area contributed by atoms with Crippen LogP contribution in [0.2, 0.25) is 0 Å². The molecule has 1 saturated heterocycles. The third kappa shape index (κ3) is 3.40. The summed E-state index contributed by atoms with van der Waals surface area (Å²) >= 11 is 1.62. The van der Waals surface area contributed by atoms with Crippen LogP contribution in [0.25, 0.3) is 0 Å². The zero-order chi connectivity index (χ0) is 17.2. The maximum absolute atomic E-state index is 12.9. The van der Waals surface area contributed by atoms with E-state index in [4.69, 9.17) is 0 Å². The second kappa shape index (κ2) is 7.12. The van der Waals surface area contributed by atoms with E-state index in [1.165, 1.54) is 34.7 Å². The lowest BCUT2D eigenvalue weighted by atomic mass is 10.0. The first-order valence-corrected chi connectivity index (χ1v) is 9.97. The number of nitrogens with zero attached hydrogens (tertiary/aromatic N) is 4. The largest absolute Gasteiger partial charge is 0.369 e. The maximum atomic E-state index is 12.9. The van der Waals surface area contributed by atoms with Crippen LogP contribution in [0.4, 0.5) is 5.69 Å². The zero-order valence-corrected chi connectivity index (χ0v) is 15.5. The summed E-state index contributed by atoms with van der Waals surface area (Å²) in [6.07, 6.45) is 9.29. The predicted molar refractivity (Wildman–Crippen MR) is 100 cm³/mol. The third-order valence-electron chi connectivity index (χ3n) is 5.14. The molecule has 1 amide bonds. The first kappa shape index (κ1) is 16.5. The molecular weight excluding hydrogens is 332 g/mol. The number of carbonyl (C=O) groups is 1. The molecule has 5 nitrogen and oxygen atoms in total. The molecule has 0 unspecified atom stereocenters. The van der Waals surface area contributed by atoms with E-state index in [1.54, 1.807) is 11.3 Å². The van der Waals surface area contributed by atoms with Crippen molar-refractivity contribution in [2.45, 2.75) is 39.0 Å². The Morgan fingerprint density at radius 2 is 2.00 bits per heavy atom. The summed E-state index contributed by atoms with van der Waals surface area (Å²) in [5.74, 6) is 0.118. The van der Waals surface area contributed by atoms with Gasteiger partial charge in [-0.1, -0.05) is 0 Å². The van der Waals surface area contributed by atoms with Crippen molar-refractivity contribution in [1.82, 2.24) is 14.9 Å². The van der Waals surface area contributed by atoms with Crippen LogP contribution in [0.15, 0.2) is 18.5 Å². The van der Waals surface area contributed by atoms with Gasteiger partial charge in [0, 0.05) is 49.1 Å². The lowest BCUT2D eigenvalue weighted by Gasteiger charge is -2.24. The van der Waals surface area contributed by atoms with Crippen LogP contribution >= 0.6 is 11.3 Å². The van der Waals surface area contributed by atoms with Crippen LogP contribution in [0.1, 0.15) is 45.2 Å². The summed E-state index contributed by atoms with van der Waals surface area (Å²) in [7, 11) is 0. The minimum absolute atomic E-state index is 0.118. The number of aryl methyl sites for hydroxylation is 3. The van der Waals surface area contributed by atoms with E-state index in [1.807, 2.05) is 17.3 Å². The second-order valence-electron chi connectivity index (χ2n) is 6.89. The number of anilines is 1. The molecule has 2 aliphatic rings. The van der Waals surface area contributed by atoms with Gasteiger partial charge in [0.1, 0.15) is 0 Å². The van der Waals surface area contributed by atoms with Gasteiger partial charge in [-0.05, 0) is 50.7 Å². The standard InChI is InChI=1S/C19H24N4OS/c1-14-13-20-8-7-16(14)22-9-4-10-23(12-11-22)19(24)18-21-15-5-2-3-6-17(15)25-18/h7-8,13H,2-6,9-12H2,1H3. The molecule has 2 aromatic heterocycles. The molecule has 4 rings (SSSR count). The quantitative estimate of drug-likeness (QED) is 0.830. The van der Waals surface area contributed by atoms with E-state index in [0.29, 0.717) is 5.01 Å². The number of amides is 1. The first-order valence-electron chi connectivity index (χ1n) is 9.16. The minimum Gasteiger partial charge on any atom is -0.369 e. The molecular formula is C19H24N4OS. The summed E-state index contributed by atoms with van der Waals surface area (Å²) in [6.45, 7) is 5.50. The van der Waals surface area contributed by atoms with Gasteiger partial charge >= 0.3 is 0 Å². The number of hydrogen-bond donors (Lipinski definition) is 0. The predicted octanol–water partition coefficient (Wildman–Crippen LogP) is 3.08. The van der Waals surface area contributed by atoms with Gasteiger partial charge in [0.2, 0.25) is 0 Å². The van der Waals surface area contributed by atoms with Crippen LogP contribution in [0.3, 0.4) is 0 Å². The van der Waals surface area contributed by atoms with Crippen LogP contribution < -0.4 is 4.90 Å². The van der Waals surface area contributed by atoms with Gasteiger partial charge in [-0.15, -0.1) is 11.3 Å². The Labute approximate surface area is 152 Å². The number of carbonyl (C=O) groups excluding carboxylic acids is 1. The molecule has 1 fully saturated rings. The van der Waals surface area contributed by atoms with Gasteiger partial charge in [0.25, 0.3) is 5.91 Å². The Morgan fingerprint density at radius 1 is 1.12 bits per heavy atom. The molecule has 0 N–H and O–H groups in total. The van der Waals surface area contributed by atoms with Crippen LogP contribution in [0.5, 0.6) is 0 Å². The van der Waals surface area contributed by atoms with Crippen molar-refractivity contribution in [3.05, 3.63) is 39.6 Å². The monoisotopic (exact) mass is 356 g/mol. The highest BCUT2D eigenvalue weighted by molar-refractivity contribution is 7.13. The molecule has 0 radical (unpaired) electrons. The minimum atomic E-state index is 0.118. The van der Waals surface area contributed by atoms with Gasteiger partial charge in [-0.2, -0.15) is 0 Å². The topological polar surface area (TPSA) is 49.3 Å². The lowest BCUT2D eigenvalue weighted by Crippen LogP contribution is -2.35. The Morgan fingerprint density at radius 3 is 2.84 bits per heavy atom. The van der Waals surface area contributed by atoms with Gasteiger partial charge in [-0.3, -0.25) is 9.78 Å². The molecule has 0 aromatic carbocycles. The molecule has 2 aromatic rings. The number of aromatic nitrogens is 2. The molecule has 0 spiro atoms. The van der Waals surface area contributed by atoms with Crippen LogP contribution in [0, 0.1) is 6.92 Å². The Hall–Kier alpha value is -1.95. The van der Waals surface area contributed by atoms with Crippen molar-refractivity contribution in [1.29, 1.82) is 0 Å². The second-order valence-corrected chi connectivity index (χ2v) is 7.97. The summed E-state index contributed by atoms with van der Waals surface area (Å²) in [5.41, 5.74) is 3.59. The summed E-state index contributed by atoms with van der Waals surface area (Å²) in [5, 5.41) is 0.695. The summed E-state index contributed by atoms with van der Waals surface area (Å²) in [4.78, 5) is 27.4. The summed E-state index contributed by atoms with van der Waals surface area (Å²) < 4.78 is 0. The number of hydrogen-bond acceptors (Lipinski definition) is 5. The average molecular weight is 356 g/mol. The van der Waals surface area contributed by atoms with Gasteiger partial charge in [-0.25, -0.2) is 4.98 Å². The van der Waals surface area contributed by atoms with E-state index in [2.05, 4.69) is 27.9 Å². The van der Waals surface area contributed by atoms with E-state index in [9.17, 15) is 4.79 Å². The number of thiazole rings is 1. The van der Waals surface area contributed by atoms with E-state index in [0.717, 1.165) is 45.4 Å². The molecule has 3 heterocycles. The Bertz CT molecular complexity index is 749. The molecule has 25 heavy (non-hydrogen) atoms. The molecule has 6 heteroatoms. The zero-order valence-electron chi connectivity index (χ0n) is 14.7. The maximum Gasteiger partial charge on any atom is 0.282 e. The SMILES string of the molecule is Cc1cnccc1N1CCCN(C(=O)c2nc3c(s2)CCCC3)CC1. The fourth-order valence-corrected chi connectivity index (χ4v) is 4.88. The highest BCUT2D eigenvalue weighted by Crippen LogP contribution is 2.28. The molecule has 132 valence electrons. The van der Waals surface area contributed by atoms with Crippen LogP contribution in [-0.2, 0) is 12.8 Å². The molecule has 1 aliphatic heterocycles.